The maximum Gasteiger partial charge on any atom is 0.164 e. The summed E-state index contributed by atoms with van der Waals surface area (Å²) in [6, 6.07) is 8.82. The lowest BCUT2D eigenvalue weighted by molar-refractivity contribution is 0.0960. The van der Waals surface area contributed by atoms with Gasteiger partial charge in [-0.05, 0) is 58.1 Å². The van der Waals surface area contributed by atoms with Crippen molar-refractivity contribution >= 4 is 11.5 Å². The third-order valence-electron chi connectivity index (χ3n) is 5.13. The number of fused-ring (bicyclic) bond motifs is 2. The molecule has 1 saturated carbocycles. The molecule has 0 spiro atoms. The molecule has 1 aromatic rings. The second-order valence-corrected chi connectivity index (χ2v) is 7.63. The molecule has 114 valence electrons. The number of hydrogen-bond acceptors (Lipinski definition) is 2. The van der Waals surface area contributed by atoms with Gasteiger partial charge in [-0.2, -0.15) is 0 Å². The van der Waals surface area contributed by atoms with Gasteiger partial charge in [-0.25, -0.2) is 0 Å². The Morgan fingerprint density at radius 3 is 2.52 bits per heavy atom. The zero-order valence-corrected chi connectivity index (χ0v) is 13.6. The van der Waals surface area contributed by atoms with Crippen molar-refractivity contribution in [3.63, 3.8) is 0 Å². The van der Waals surface area contributed by atoms with Crippen LogP contribution in [0.25, 0.3) is 0 Å². The molecule has 2 atom stereocenters. The summed E-state index contributed by atoms with van der Waals surface area (Å²) in [6.07, 6.45) is 6.98. The van der Waals surface area contributed by atoms with Crippen molar-refractivity contribution in [2.75, 3.05) is 4.90 Å². The van der Waals surface area contributed by atoms with Gasteiger partial charge >= 0.3 is 0 Å². The molecule has 2 nitrogen and oxygen atoms in total. The van der Waals surface area contributed by atoms with Crippen molar-refractivity contribution in [3.05, 3.63) is 29.8 Å². The summed E-state index contributed by atoms with van der Waals surface area (Å²) in [7, 11) is 0. The van der Waals surface area contributed by atoms with Crippen molar-refractivity contribution in [2.45, 2.75) is 70.9 Å². The van der Waals surface area contributed by atoms with Crippen LogP contribution < -0.4 is 4.90 Å². The van der Waals surface area contributed by atoms with Crippen molar-refractivity contribution in [1.82, 2.24) is 0 Å². The van der Waals surface area contributed by atoms with Crippen LogP contribution in [0.15, 0.2) is 24.3 Å². The van der Waals surface area contributed by atoms with Crippen LogP contribution in [0.3, 0.4) is 0 Å². The van der Waals surface area contributed by atoms with Crippen LogP contribution in [-0.4, -0.2) is 17.4 Å². The van der Waals surface area contributed by atoms with Crippen molar-refractivity contribution < 1.29 is 4.79 Å². The highest BCUT2D eigenvalue weighted by atomic mass is 16.1. The first-order valence-electron chi connectivity index (χ1n) is 8.40. The predicted molar refractivity (Wildman–Crippen MR) is 88.0 cm³/mol. The van der Waals surface area contributed by atoms with E-state index >= 15 is 0 Å². The zero-order chi connectivity index (χ0) is 15.0. The van der Waals surface area contributed by atoms with E-state index in [1.165, 1.54) is 25.7 Å². The summed E-state index contributed by atoms with van der Waals surface area (Å²) in [4.78, 5) is 15.1. The highest BCUT2D eigenvalue weighted by Crippen LogP contribution is 2.41. The molecule has 1 aromatic carbocycles. The van der Waals surface area contributed by atoms with E-state index in [4.69, 9.17) is 0 Å². The molecule has 0 amide bonds. The first-order chi connectivity index (χ1) is 9.98. The lowest BCUT2D eigenvalue weighted by atomic mass is 9.77. The Morgan fingerprint density at radius 1 is 1.05 bits per heavy atom. The number of carbonyl (C=O) groups is 1. The molecule has 1 fully saturated rings. The molecule has 1 aliphatic heterocycles. The monoisotopic (exact) mass is 285 g/mol. The van der Waals surface area contributed by atoms with Crippen LogP contribution >= 0.6 is 0 Å². The lowest BCUT2D eigenvalue weighted by Gasteiger charge is -2.50. The van der Waals surface area contributed by atoms with Crippen LogP contribution in [0.5, 0.6) is 0 Å². The molecular weight excluding hydrogens is 258 g/mol. The van der Waals surface area contributed by atoms with E-state index in [0.717, 1.165) is 24.1 Å². The molecule has 0 N–H and O–H groups in total. The number of hydrogen-bond donors (Lipinski definition) is 0. The Kier molecular flexibility index (Phi) is 3.81. The van der Waals surface area contributed by atoms with Crippen LogP contribution in [0, 0.1) is 5.92 Å². The normalized spacial score (nSPS) is 26.6. The van der Waals surface area contributed by atoms with Gasteiger partial charge in [-0.1, -0.05) is 25.0 Å². The van der Waals surface area contributed by atoms with Gasteiger partial charge in [-0.15, -0.1) is 0 Å². The Balaban J connectivity index is 2.12. The average molecular weight is 285 g/mol. The molecule has 0 aromatic heterocycles. The second-order valence-electron chi connectivity index (χ2n) is 7.63. The number of ketones is 1. The van der Waals surface area contributed by atoms with Crippen molar-refractivity contribution in [3.8, 4) is 0 Å². The van der Waals surface area contributed by atoms with Gasteiger partial charge in [0.1, 0.15) is 0 Å². The molecule has 0 saturated heterocycles. The number of para-hydroxylation sites is 1. The molecule has 2 aliphatic rings. The number of Topliss-reactive ketones (excluding diaryl/α,β-unsaturated/α-hetero) is 1. The minimum Gasteiger partial charge on any atom is -0.363 e. The van der Waals surface area contributed by atoms with E-state index < -0.39 is 0 Å². The molecule has 0 bridgehead atoms. The summed E-state index contributed by atoms with van der Waals surface area (Å²) in [6.45, 7) is 6.84. The van der Waals surface area contributed by atoms with Crippen molar-refractivity contribution in [1.29, 1.82) is 0 Å². The Bertz CT molecular complexity index is 529. The summed E-state index contributed by atoms with van der Waals surface area (Å²) in [5.41, 5.74) is 2.14. The van der Waals surface area contributed by atoms with Gasteiger partial charge in [0.15, 0.2) is 5.78 Å². The number of carbonyl (C=O) groups excluding carboxylic acids is 1. The van der Waals surface area contributed by atoms with E-state index in [2.05, 4.69) is 37.8 Å². The molecule has 3 rings (SSSR count). The first kappa shape index (κ1) is 14.6. The minimum atomic E-state index is 0.0496. The Morgan fingerprint density at radius 2 is 1.76 bits per heavy atom. The maximum absolute atomic E-state index is 12.6. The average Bonchev–Trinajstić information content (AvgIpc) is 2.43. The van der Waals surface area contributed by atoms with Crippen LogP contribution in [0.2, 0.25) is 0 Å². The fourth-order valence-corrected chi connectivity index (χ4v) is 4.27. The van der Waals surface area contributed by atoms with E-state index in [9.17, 15) is 4.79 Å². The predicted octanol–water partition coefficient (Wildman–Crippen LogP) is 4.83. The fourth-order valence-electron chi connectivity index (χ4n) is 4.27. The summed E-state index contributed by atoms with van der Waals surface area (Å²) in [5.74, 6) is 0.999. The summed E-state index contributed by atoms with van der Waals surface area (Å²) < 4.78 is 0. The number of benzene rings is 1. The smallest absolute Gasteiger partial charge is 0.164 e. The van der Waals surface area contributed by atoms with Crippen LogP contribution in [-0.2, 0) is 0 Å². The van der Waals surface area contributed by atoms with E-state index in [-0.39, 0.29) is 5.54 Å². The molecule has 2 unspecified atom stereocenters. The highest BCUT2D eigenvalue weighted by Gasteiger charge is 2.38. The molecular formula is C19H27NO. The topological polar surface area (TPSA) is 20.3 Å². The lowest BCUT2D eigenvalue weighted by Crippen LogP contribution is -2.53. The highest BCUT2D eigenvalue weighted by molar-refractivity contribution is 6.01. The van der Waals surface area contributed by atoms with E-state index in [1.807, 2.05) is 12.1 Å². The summed E-state index contributed by atoms with van der Waals surface area (Å²) >= 11 is 0. The molecule has 21 heavy (non-hydrogen) atoms. The van der Waals surface area contributed by atoms with Gasteiger partial charge in [-0.3, -0.25) is 4.79 Å². The zero-order valence-electron chi connectivity index (χ0n) is 13.6. The second kappa shape index (κ2) is 5.47. The largest absolute Gasteiger partial charge is 0.363 e. The molecule has 1 aliphatic carbocycles. The number of anilines is 1. The van der Waals surface area contributed by atoms with E-state index in [1.54, 1.807) is 0 Å². The Labute approximate surface area is 128 Å². The number of nitrogens with zero attached hydrogens (tertiary/aromatic N) is 1. The fraction of sp³-hybridized carbons (Fsp3) is 0.632. The number of rotatable bonds is 0. The van der Waals surface area contributed by atoms with Crippen molar-refractivity contribution in [2.24, 2.45) is 5.92 Å². The summed E-state index contributed by atoms with van der Waals surface area (Å²) in [5, 5.41) is 0. The van der Waals surface area contributed by atoms with E-state index in [0.29, 0.717) is 17.7 Å². The van der Waals surface area contributed by atoms with Crippen LogP contribution in [0.1, 0.15) is 69.7 Å². The van der Waals surface area contributed by atoms with Gasteiger partial charge in [0.25, 0.3) is 0 Å². The van der Waals surface area contributed by atoms with Gasteiger partial charge < -0.3 is 4.90 Å². The minimum absolute atomic E-state index is 0.0496. The third-order valence-corrected chi connectivity index (χ3v) is 5.13. The van der Waals surface area contributed by atoms with Gasteiger partial charge in [0.2, 0.25) is 0 Å². The SMILES string of the molecule is CC(C)(C)N1c2ccccc2C(=O)CCC2CCCCC21. The van der Waals surface area contributed by atoms with Gasteiger partial charge in [0, 0.05) is 29.3 Å². The van der Waals surface area contributed by atoms with Crippen LogP contribution in [0.4, 0.5) is 5.69 Å². The third kappa shape index (κ3) is 2.73. The molecule has 2 heteroatoms. The molecule has 0 radical (unpaired) electrons. The Hall–Kier alpha value is -1.31. The standard InChI is InChI=1S/C19H27NO/c1-19(2,3)20-16-10-6-4-8-14(16)12-13-18(21)15-9-5-7-11-17(15)20/h5,7,9,11,14,16H,4,6,8,10,12-13H2,1-3H3. The quantitative estimate of drug-likeness (QED) is 0.680. The maximum atomic E-state index is 12.6. The molecule has 1 heterocycles. The first-order valence-corrected chi connectivity index (χ1v) is 8.40. The van der Waals surface area contributed by atoms with Gasteiger partial charge in [0.05, 0.1) is 0 Å².